The number of pyridine rings is 1. The summed E-state index contributed by atoms with van der Waals surface area (Å²) in [5.74, 6) is -0.165. The van der Waals surface area contributed by atoms with Gasteiger partial charge in [-0.3, -0.25) is 9.78 Å². The van der Waals surface area contributed by atoms with Crippen molar-refractivity contribution in [1.82, 2.24) is 9.88 Å². The highest BCUT2D eigenvalue weighted by Gasteiger charge is 2.22. The zero-order chi connectivity index (χ0) is 20.8. The summed E-state index contributed by atoms with van der Waals surface area (Å²) in [5.41, 5.74) is 5.53. The Morgan fingerprint density at radius 2 is 2.00 bits per heavy atom. The fraction of sp³-hybridized carbons (Fsp3) is 0.261. The summed E-state index contributed by atoms with van der Waals surface area (Å²) in [7, 11) is 0. The highest BCUT2D eigenvalue weighted by Crippen LogP contribution is 2.28. The first-order valence-corrected chi connectivity index (χ1v) is 9.53. The summed E-state index contributed by atoms with van der Waals surface area (Å²) < 4.78 is 5.16. The van der Waals surface area contributed by atoms with Gasteiger partial charge in [0.15, 0.2) is 0 Å². The molecule has 0 spiro atoms. The number of benzene rings is 1. The van der Waals surface area contributed by atoms with Crippen LogP contribution in [0, 0.1) is 6.92 Å². The van der Waals surface area contributed by atoms with E-state index in [0.717, 1.165) is 23.1 Å². The van der Waals surface area contributed by atoms with Crippen LogP contribution in [0.3, 0.4) is 0 Å². The second-order valence-electron chi connectivity index (χ2n) is 7.02. The minimum atomic E-state index is -0.327. The summed E-state index contributed by atoms with van der Waals surface area (Å²) >= 11 is 0. The number of hydrogen-bond acceptors (Lipinski definition) is 4. The third kappa shape index (κ3) is 4.90. The molecule has 1 aliphatic heterocycles. The van der Waals surface area contributed by atoms with E-state index in [9.17, 15) is 9.59 Å². The maximum Gasteiger partial charge on any atom is 0.410 e. The highest BCUT2D eigenvalue weighted by atomic mass is 16.6. The van der Waals surface area contributed by atoms with Crippen LogP contribution in [0.4, 0.5) is 10.5 Å². The van der Waals surface area contributed by atoms with Gasteiger partial charge in [0.05, 0.1) is 0 Å². The molecule has 2 amide bonds. The number of anilines is 1. The van der Waals surface area contributed by atoms with Crippen molar-refractivity contribution in [1.29, 1.82) is 0 Å². The van der Waals surface area contributed by atoms with Gasteiger partial charge >= 0.3 is 6.09 Å². The van der Waals surface area contributed by atoms with Gasteiger partial charge in [-0.1, -0.05) is 30.4 Å². The Morgan fingerprint density at radius 1 is 1.24 bits per heavy atom. The number of nitrogens with zero attached hydrogens (tertiary/aromatic N) is 2. The zero-order valence-electron chi connectivity index (χ0n) is 16.8. The van der Waals surface area contributed by atoms with E-state index in [1.165, 1.54) is 5.57 Å². The molecule has 6 heteroatoms. The summed E-state index contributed by atoms with van der Waals surface area (Å²) in [6.45, 7) is 8.86. The van der Waals surface area contributed by atoms with Crippen LogP contribution in [0.25, 0.3) is 5.57 Å². The van der Waals surface area contributed by atoms with Gasteiger partial charge in [-0.15, -0.1) is 0 Å². The predicted molar refractivity (Wildman–Crippen MR) is 114 cm³/mol. The molecule has 0 aliphatic carbocycles. The van der Waals surface area contributed by atoms with E-state index in [2.05, 4.69) is 23.8 Å². The molecule has 0 saturated heterocycles. The summed E-state index contributed by atoms with van der Waals surface area (Å²) in [4.78, 5) is 30.3. The smallest absolute Gasteiger partial charge is 0.410 e. The average molecular weight is 391 g/mol. The predicted octanol–water partition coefficient (Wildman–Crippen LogP) is 4.44. The number of hydrogen-bond donors (Lipinski definition) is 1. The Labute approximate surface area is 170 Å². The van der Waals surface area contributed by atoms with Crippen LogP contribution in [0.5, 0.6) is 0 Å². The van der Waals surface area contributed by atoms with Crippen LogP contribution in [0.15, 0.2) is 61.0 Å². The average Bonchev–Trinajstić information content (AvgIpc) is 2.73. The van der Waals surface area contributed by atoms with Gasteiger partial charge in [0.25, 0.3) is 5.91 Å². The van der Waals surface area contributed by atoms with E-state index in [1.54, 1.807) is 29.4 Å². The summed E-state index contributed by atoms with van der Waals surface area (Å²) in [5, 5.41) is 2.91. The fourth-order valence-corrected chi connectivity index (χ4v) is 3.25. The normalized spacial score (nSPS) is 13.8. The first-order valence-electron chi connectivity index (χ1n) is 9.53. The van der Waals surface area contributed by atoms with Gasteiger partial charge in [0.1, 0.15) is 6.61 Å². The van der Waals surface area contributed by atoms with Gasteiger partial charge in [-0.25, -0.2) is 4.79 Å². The van der Waals surface area contributed by atoms with Crippen molar-refractivity contribution in [2.45, 2.75) is 20.3 Å². The molecule has 0 atom stereocenters. The minimum Gasteiger partial charge on any atom is -0.445 e. The summed E-state index contributed by atoms with van der Waals surface area (Å²) in [6.07, 6.45) is 5.31. The van der Waals surface area contributed by atoms with Crippen LogP contribution in [-0.4, -0.2) is 41.6 Å². The van der Waals surface area contributed by atoms with Crippen molar-refractivity contribution >= 4 is 23.3 Å². The number of carbonyl (C=O) groups excluding carboxylic acids is 2. The van der Waals surface area contributed by atoms with E-state index in [-0.39, 0.29) is 18.6 Å². The van der Waals surface area contributed by atoms with Crippen molar-refractivity contribution in [2.24, 2.45) is 0 Å². The molecule has 29 heavy (non-hydrogen) atoms. The lowest BCUT2D eigenvalue weighted by molar-refractivity contribution is 0.102. The van der Waals surface area contributed by atoms with Gasteiger partial charge < -0.3 is 15.0 Å². The number of ether oxygens (including phenoxy) is 1. The number of amides is 2. The largest absolute Gasteiger partial charge is 0.445 e. The Bertz CT molecular complexity index is 948. The first-order chi connectivity index (χ1) is 14.0. The standard InChI is InChI=1S/C23H25N3O3/c1-4-13-29-23(28)26-12-10-16(2)21(15-26)18-5-7-19(8-6-18)25-22(27)20-9-11-24-14-17(20)3/h4-9,11,14H,1,10,12-13,15H2,2-3H3,(H,25,27). The molecule has 0 unspecified atom stereocenters. The van der Waals surface area contributed by atoms with E-state index in [0.29, 0.717) is 24.3 Å². The molecule has 1 aliphatic rings. The second-order valence-corrected chi connectivity index (χ2v) is 7.02. The van der Waals surface area contributed by atoms with Crippen LogP contribution in [0.2, 0.25) is 0 Å². The number of nitrogens with one attached hydrogen (secondary N) is 1. The van der Waals surface area contributed by atoms with Crippen LogP contribution >= 0.6 is 0 Å². The molecule has 0 saturated carbocycles. The maximum atomic E-state index is 12.5. The monoisotopic (exact) mass is 391 g/mol. The number of aromatic nitrogens is 1. The fourth-order valence-electron chi connectivity index (χ4n) is 3.25. The maximum absolute atomic E-state index is 12.5. The molecule has 1 aromatic heterocycles. The Hall–Kier alpha value is -3.41. The van der Waals surface area contributed by atoms with Crippen molar-refractivity contribution in [3.8, 4) is 0 Å². The van der Waals surface area contributed by atoms with Crippen molar-refractivity contribution < 1.29 is 14.3 Å². The quantitative estimate of drug-likeness (QED) is 0.765. The van der Waals surface area contributed by atoms with E-state index >= 15 is 0 Å². The topological polar surface area (TPSA) is 71.5 Å². The van der Waals surface area contributed by atoms with Crippen molar-refractivity contribution in [2.75, 3.05) is 25.0 Å². The lowest BCUT2D eigenvalue weighted by Crippen LogP contribution is -2.36. The molecular formula is C23H25N3O3. The van der Waals surface area contributed by atoms with Crippen LogP contribution in [0.1, 0.15) is 34.8 Å². The number of carbonyl (C=O) groups is 2. The third-order valence-corrected chi connectivity index (χ3v) is 4.96. The van der Waals surface area contributed by atoms with Gasteiger partial charge in [-0.2, -0.15) is 0 Å². The zero-order valence-corrected chi connectivity index (χ0v) is 16.8. The SMILES string of the molecule is C=CCOC(=O)N1CCC(C)=C(c2ccc(NC(=O)c3ccncc3C)cc2)C1. The molecule has 6 nitrogen and oxygen atoms in total. The lowest BCUT2D eigenvalue weighted by atomic mass is 9.95. The minimum absolute atomic E-state index is 0.165. The Kier molecular flexibility index (Phi) is 6.44. The molecule has 3 rings (SSSR count). The molecular weight excluding hydrogens is 366 g/mol. The van der Waals surface area contributed by atoms with Gasteiger partial charge in [-0.05, 0) is 55.2 Å². The van der Waals surface area contributed by atoms with E-state index < -0.39 is 0 Å². The second kappa shape index (κ2) is 9.19. The molecule has 0 bridgehead atoms. The molecule has 0 fully saturated rings. The van der Waals surface area contributed by atoms with Crippen molar-refractivity contribution in [3.63, 3.8) is 0 Å². The summed E-state index contributed by atoms with van der Waals surface area (Å²) in [6, 6.07) is 9.38. The number of aryl methyl sites for hydroxylation is 1. The van der Waals surface area contributed by atoms with Gasteiger partial charge in [0, 0.05) is 36.7 Å². The molecule has 2 aromatic rings. The highest BCUT2D eigenvalue weighted by molar-refractivity contribution is 6.05. The molecule has 0 radical (unpaired) electrons. The molecule has 2 heterocycles. The molecule has 1 aromatic carbocycles. The molecule has 150 valence electrons. The Balaban J connectivity index is 1.70. The van der Waals surface area contributed by atoms with E-state index in [1.807, 2.05) is 31.2 Å². The lowest BCUT2D eigenvalue weighted by Gasteiger charge is -2.29. The number of rotatable bonds is 5. The third-order valence-electron chi connectivity index (χ3n) is 4.96. The van der Waals surface area contributed by atoms with Gasteiger partial charge in [0.2, 0.25) is 0 Å². The van der Waals surface area contributed by atoms with Crippen LogP contribution < -0.4 is 5.32 Å². The molecule has 1 N–H and O–H groups in total. The first kappa shape index (κ1) is 20.3. The van der Waals surface area contributed by atoms with E-state index in [4.69, 9.17) is 4.74 Å². The Morgan fingerprint density at radius 3 is 2.69 bits per heavy atom. The van der Waals surface area contributed by atoms with Crippen LogP contribution in [-0.2, 0) is 4.74 Å². The van der Waals surface area contributed by atoms with Crippen molar-refractivity contribution in [3.05, 3.63) is 77.6 Å².